The molecule has 0 aromatic carbocycles. The van der Waals surface area contributed by atoms with Gasteiger partial charge in [-0.2, -0.15) is 11.8 Å². The molecular formula is C10H16S. The maximum absolute atomic E-state index is 2.37. The zero-order chi connectivity index (χ0) is 8.10. The van der Waals surface area contributed by atoms with Crippen molar-refractivity contribution in [2.75, 3.05) is 11.5 Å². The summed E-state index contributed by atoms with van der Waals surface area (Å²) in [5, 5.41) is 0. The van der Waals surface area contributed by atoms with Crippen molar-refractivity contribution in [3.8, 4) is 0 Å². The van der Waals surface area contributed by atoms with Crippen LogP contribution in [0.3, 0.4) is 0 Å². The monoisotopic (exact) mass is 168 g/mol. The Kier molecular flexibility index (Phi) is 3.78. The maximum atomic E-state index is 2.37. The molecule has 1 rings (SSSR count). The van der Waals surface area contributed by atoms with Gasteiger partial charge in [-0.25, -0.2) is 0 Å². The van der Waals surface area contributed by atoms with Gasteiger partial charge in [-0.1, -0.05) is 23.3 Å². The summed E-state index contributed by atoms with van der Waals surface area (Å²) in [4.78, 5) is 0. The van der Waals surface area contributed by atoms with E-state index in [0.29, 0.717) is 0 Å². The first-order chi connectivity index (χ1) is 5.29. The maximum Gasteiger partial charge on any atom is 0.0143 e. The van der Waals surface area contributed by atoms with Crippen LogP contribution in [0.1, 0.15) is 26.7 Å². The Morgan fingerprint density at radius 2 is 2.00 bits per heavy atom. The zero-order valence-corrected chi connectivity index (χ0v) is 8.21. The van der Waals surface area contributed by atoms with E-state index in [9.17, 15) is 0 Å². The summed E-state index contributed by atoms with van der Waals surface area (Å²) in [6, 6.07) is 0. The molecular weight excluding hydrogens is 152 g/mol. The standard InChI is InChI=1S/C10H16S/c1-9-4-3-5-10(2)8-11-7-6-9/h5-6H,3-4,7-8H2,1-2H3/b9-6-,10-5-. The number of hydrogen-bond acceptors (Lipinski definition) is 1. The van der Waals surface area contributed by atoms with Crippen molar-refractivity contribution in [3.63, 3.8) is 0 Å². The molecule has 0 aliphatic carbocycles. The fourth-order valence-electron chi connectivity index (χ4n) is 1.13. The van der Waals surface area contributed by atoms with Gasteiger partial charge in [0.05, 0.1) is 0 Å². The molecule has 1 heterocycles. The van der Waals surface area contributed by atoms with Gasteiger partial charge in [0.25, 0.3) is 0 Å². The molecule has 1 heteroatoms. The predicted octanol–water partition coefficient (Wildman–Crippen LogP) is 3.41. The fraction of sp³-hybridized carbons (Fsp3) is 0.600. The van der Waals surface area contributed by atoms with Crippen LogP contribution in [-0.2, 0) is 0 Å². The second-order valence-electron chi connectivity index (χ2n) is 3.15. The molecule has 0 spiro atoms. The summed E-state index contributed by atoms with van der Waals surface area (Å²) in [5.74, 6) is 2.40. The minimum Gasteiger partial charge on any atom is -0.153 e. The van der Waals surface area contributed by atoms with Crippen LogP contribution in [0.5, 0.6) is 0 Å². The van der Waals surface area contributed by atoms with Gasteiger partial charge >= 0.3 is 0 Å². The summed E-state index contributed by atoms with van der Waals surface area (Å²) in [7, 11) is 0. The normalized spacial score (nSPS) is 30.4. The topological polar surface area (TPSA) is 0 Å². The van der Waals surface area contributed by atoms with E-state index in [0.717, 1.165) is 0 Å². The molecule has 0 atom stereocenters. The molecule has 1 aliphatic heterocycles. The average Bonchev–Trinajstić information content (AvgIpc) is 2.04. The highest BCUT2D eigenvalue weighted by atomic mass is 32.2. The molecule has 11 heavy (non-hydrogen) atoms. The van der Waals surface area contributed by atoms with Crippen molar-refractivity contribution in [3.05, 3.63) is 23.3 Å². The summed E-state index contributed by atoms with van der Waals surface area (Å²) < 4.78 is 0. The van der Waals surface area contributed by atoms with Gasteiger partial charge in [-0.05, 0) is 26.7 Å². The first kappa shape index (κ1) is 8.92. The minimum absolute atomic E-state index is 1.19. The lowest BCUT2D eigenvalue weighted by Crippen LogP contribution is -1.81. The van der Waals surface area contributed by atoms with Crippen molar-refractivity contribution >= 4 is 11.8 Å². The van der Waals surface area contributed by atoms with Crippen LogP contribution in [0.4, 0.5) is 0 Å². The van der Waals surface area contributed by atoms with E-state index in [1.807, 2.05) is 11.8 Å². The highest BCUT2D eigenvalue weighted by molar-refractivity contribution is 7.99. The second kappa shape index (κ2) is 4.66. The summed E-state index contributed by atoms with van der Waals surface area (Å²) >= 11 is 2.01. The molecule has 62 valence electrons. The van der Waals surface area contributed by atoms with Crippen LogP contribution in [0.25, 0.3) is 0 Å². The van der Waals surface area contributed by atoms with Gasteiger partial charge in [0.15, 0.2) is 0 Å². The second-order valence-corrected chi connectivity index (χ2v) is 4.19. The van der Waals surface area contributed by atoms with Gasteiger partial charge in [0.2, 0.25) is 0 Å². The summed E-state index contributed by atoms with van der Waals surface area (Å²) in [6.45, 7) is 4.46. The van der Waals surface area contributed by atoms with E-state index in [-0.39, 0.29) is 0 Å². The molecule has 0 amide bonds. The fourth-order valence-corrected chi connectivity index (χ4v) is 2.09. The molecule has 0 bridgehead atoms. The third kappa shape index (κ3) is 3.66. The minimum atomic E-state index is 1.19. The Morgan fingerprint density at radius 1 is 1.18 bits per heavy atom. The van der Waals surface area contributed by atoms with Crippen molar-refractivity contribution in [2.45, 2.75) is 26.7 Å². The average molecular weight is 168 g/mol. The van der Waals surface area contributed by atoms with Gasteiger partial charge < -0.3 is 0 Å². The quantitative estimate of drug-likeness (QED) is 0.499. The summed E-state index contributed by atoms with van der Waals surface area (Å²) in [6.07, 6.45) is 7.21. The molecule has 0 saturated carbocycles. The Balaban J connectivity index is 2.49. The number of thioether (sulfide) groups is 1. The van der Waals surface area contributed by atoms with Gasteiger partial charge in [-0.3, -0.25) is 0 Å². The lowest BCUT2D eigenvalue weighted by atomic mass is 10.1. The number of hydrogen-bond donors (Lipinski definition) is 0. The highest BCUT2D eigenvalue weighted by Gasteiger charge is 1.95. The first-order valence-corrected chi connectivity index (χ1v) is 5.33. The van der Waals surface area contributed by atoms with E-state index < -0.39 is 0 Å². The first-order valence-electron chi connectivity index (χ1n) is 4.18. The Hall–Kier alpha value is -0.170. The van der Waals surface area contributed by atoms with Crippen LogP contribution >= 0.6 is 11.8 Å². The lowest BCUT2D eigenvalue weighted by molar-refractivity contribution is 0.967. The number of allylic oxidation sites excluding steroid dienone is 2. The van der Waals surface area contributed by atoms with E-state index >= 15 is 0 Å². The Bertz CT molecular complexity index is 177. The third-order valence-corrected chi connectivity index (χ3v) is 2.97. The van der Waals surface area contributed by atoms with Gasteiger partial charge in [0.1, 0.15) is 0 Å². The van der Waals surface area contributed by atoms with Crippen LogP contribution in [-0.4, -0.2) is 11.5 Å². The molecule has 0 fully saturated rings. The third-order valence-electron chi connectivity index (χ3n) is 1.91. The lowest BCUT2D eigenvalue weighted by Gasteiger charge is -1.96. The highest BCUT2D eigenvalue weighted by Crippen LogP contribution is 2.15. The molecule has 0 unspecified atom stereocenters. The van der Waals surface area contributed by atoms with Crippen LogP contribution in [0, 0.1) is 0 Å². The molecule has 0 aromatic rings. The van der Waals surface area contributed by atoms with E-state index in [2.05, 4.69) is 26.0 Å². The largest absolute Gasteiger partial charge is 0.153 e. The molecule has 0 N–H and O–H groups in total. The molecule has 0 aromatic heterocycles. The van der Waals surface area contributed by atoms with Crippen molar-refractivity contribution in [1.82, 2.24) is 0 Å². The van der Waals surface area contributed by atoms with Gasteiger partial charge in [-0.15, -0.1) is 0 Å². The van der Waals surface area contributed by atoms with E-state index in [1.54, 1.807) is 5.57 Å². The van der Waals surface area contributed by atoms with Crippen molar-refractivity contribution in [2.24, 2.45) is 0 Å². The Morgan fingerprint density at radius 3 is 2.82 bits per heavy atom. The van der Waals surface area contributed by atoms with Crippen molar-refractivity contribution in [1.29, 1.82) is 0 Å². The summed E-state index contributed by atoms with van der Waals surface area (Å²) in [5.41, 5.74) is 3.08. The SMILES string of the molecule is C/C1=C/CSC/C(C)=C\CC1. The van der Waals surface area contributed by atoms with Crippen LogP contribution in [0.2, 0.25) is 0 Å². The van der Waals surface area contributed by atoms with Crippen molar-refractivity contribution < 1.29 is 0 Å². The molecule has 1 aliphatic rings. The number of rotatable bonds is 0. The predicted molar refractivity (Wildman–Crippen MR) is 54.1 cm³/mol. The van der Waals surface area contributed by atoms with Crippen LogP contribution in [0.15, 0.2) is 23.3 Å². The van der Waals surface area contributed by atoms with E-state index in [1.165, 1.54) is 29.9 Å². The Labute approximate surface area is 73.8 Å². The zero-order valence-electron chi connectivity index (χ0n) is 7.39. The van der Waals surface area contributed by atoms with E-state index in [4.69, 9.17) is 0 Å². The van der Waals surface area contributed by atoms with Gasteiger partial charge in [0, 0.05) is 11.5 Å². The van der Waals surface area contributed by atoms with Crippen LogP contribution < -0.4 is 0 Å². The molecule has 0 radical (unpaired) electrons. The smallest absolute Gasteiger partial charge is 0.0143 e. The molecule has 0 nitrogen and oxygen atoms in total. The molecule has 0 saturated heterocycles.